The minimum atomic E-state index is -0.782. The number of benzene rings is 2. The van der Waals surface area contributed by atoms with E-state index in [2.05, 4.69) is 5.32 Å². The van der Waals surface area contributed by atoms with Crippen LogP contribution in [-0.2, 0) is 4.79 Å². The maximum absolute atomic E-state index is 14.0. The van der Waals surface area contributed by atoms with E-state index >= 15 is 0 Å². The van der Waals surface area contributed by atoms with E-state index < -0.39 is 5.97 Å². The van der Waals surface area contributed by atoms with Crippen molar-refractivity contribution < 1.29 is 14.3 Å². The van der Waals surface area contributed by atoms with Crippen molar-refractivity contribution in [1.29, 1.82) is 0 Å². The highest BCUT2D eigenvalue weighted by Gasteiger charge is 2.30. The van der Waals surface area contributed by atoms with Crippen LogP contribution in [0.15, 0.2) is 48.5 Å². The number of aliphatic carboxylic acids is 1. The van der Waals surface area contributed by atoms with Gasteiger partial charge in [0.05, 0.1) is 5.92 Å². The molecule has 0 radical (unpaired) electrons. The first-order valence-corrected chi connectivity index (χ1v) is 6.96. The Morgan fingerprint density at radius 1 is 1.19 bits per heavy atom. The largest absolute Gasteiger partial charge is 0.481 e. The summed E-state index contributed by atoms with van der Waals surface area (Å²) in [5.74, 6) is -1.42. The summed E-state index contributed by atoms with van der Waals surface area (Å²) in [6, 6.07) is 14.3. The van der Waals surface area contributed by atoms with Crippen LogP contribution in [0.2, 0.25) is 0 Å². The molecule has 2 aromatic carbocycles. The molecule has 108 valence electrons. The van der Waals surface area contributed by atoms with E-state index in [0.717, 1.165) is 11.1 Å². The molecule has 0 bridgehead atoms. The van der Waals surface area contributed by atoms with Gasteiger partial charge in [-0.1, -0.05) is 36.4 Å². The van der Waals surface area contributed by atoms with Gasteiger partial charge >= 0.3 is 5.97 Å². The molecule has 1 fully saturated rings. The number of hydrogen-bond donors (Lipinski definition) is 2. The van der Waals surface area contributed by atoms with Crippen molar-refractivity contribution in [2.24, 2.45) is 5.92 Å². The van der Waals surface area contributed by atoms with Crippen LogP contribution in [0, 0.1) is 11.7 Å². The van der Waals surface area contributed by atoms with Gasteiger partial charge in [0.25, 0.3) is 0 Å². The van der Waals surface area contributed by atoms with Crippen molar-refractivity contribution in [3.05, 3.63) is 59.9 Å². The molecular weight excluding hydrogens is 269 g/mol. The normalized spacial score (nSPS) is 21.4. The summed E-state index contributed by atoms with van der Waals surface area (Å²) in [5, 5.41) is 12.3. The number of carboxylic acids is 1. The fourth-order valence-corrected chi connectivity index (χ4v) is 2.78. The molecule has 2 N–H and O–H groups in total. The van der Waals surface area contributed by atoms with Crippen molar-refractivity contribution in [3.63, 3.8) is 0 Å². The average Bonchev–Trinajstić information content (AvgIpc) is 2.99. The fourth-order valence-electron chi connectivity index (χ4n) is 2.78. The lowest BCUT2D eigenvalue weighted by atomic mass is 9.96. The zero-order valence-corrected chi connectivity index (χ0v) is 11.4. The van der Waals surface area contributed by atoms with E-state index in [9.17, 15) is 9.18 Å². The van der Waals surface area contributed by atoms with Crippen molar-refractivity contribution in [3.8, 4) is 11.1 Å². The van der Waals surface area contributed by atoms with Crippen LogP contribution in [0.4, 0.5) is 4.39 Å². The molecular formula is C17H16FNO2. The predicted octanol–water partition coefficient (Wildman–Crippen LogP) is 3.23. The van der Waals surface area contributed by atoms with E-state index in [0.29, 0.717) is 18.5 Å². The molecule has 1 heterocycles. The third-order valence-corrected chi connectivity index (χ3v) is 3.96. The number of carbonyl (C=O) groups is 1. The smallest absolute Gasteiger partial charge is 0.307 e. The summed E-state index contributed by atoms with van der Waals surface area (Å²) < 4.78 is 14.0. The topological polar surface area (TPSA) is 49.3 Å². The second-order valence-corrected chi connectivity index (χ2v) is 5.34. The van der Waals surface area contributed by atoms with E-state index in [-0.39, 0.29) is 17.8 Å². The Balaban J connectivity index is 1.90. The lowest BCUT2D eigenvalue weighted by Crippen LogP contribution is -2.17. The van der Waals surface area contributed by atoms with Crippen molar-refractivity contribution in [2.75, 3.05) is 6.54 Å². The van der Waals surface area contributed by atoms with Gasteiger partial charge in [0.15, 0.2) is 0 Å². The van der Waals surface area contributed by atoms with Gasteiger partial charge in [0, 0.05) is 18.2 Å². The lowest BCUT2D eigenvalue weighted by Gasteiger charge is -2.13. The summed E-state index contributed by atoms with van der Waals surface area (Å²) in [6.45, 7) is 0.456. The third-order valence-electron chi connectivity index (χ3n) is 3.96. The van der Waals surface area contributed by atoms with Crippen molar-refractivity contribution >= 4 is 5.97 Å². The van der Waals surface area contributed by atoms with Gasteiger partial charge in [0.1, 0.15) is 5.82 Å². The van der Waals surface area contributed by atoms with Crippen LogP contribution in [0.3, 0.4) is 0 Å². The van der Waals surface area contributed by atoms with Crippen molar-refractivity contribution in [2.45, 2.75) is 12.5 Å². The van der Waals surface area contributed by atoms with Gasteiger partial charge in [-0.25, -0.2) is 4.39 Å². The molecule has 4 heteroatoms. The Bertz CT molecular complexity index is 657. The minimum Gasteiger partial charge on any atom is -0.481 e. The molecule has 0 amide bonds. The zero-order chi connectivity index (χ0) is 14.8. The van der Waals surface area contributed by atoms with Crippen LogP contribution in [0.1, 0.15) is 18.0 Å². The SMILES string of the molecule is O=C(O)C1CNC(c2ccc(F)c(-c3ccccc3)c2)C1. The van der Waals surface area contributed by atoms with Crippen LogP contribution >= 0.6 is 0 Å². The standard InChI is InChI=1S/C17H16FNO2/c18-15-7-6-12(16-9-13(10-19-16)17(20)21)8-14(15)11-4-2-1-3-5-11/h1-8,13,16,19H,9-10H2,(H,20,21). The van der Waals surface area contributed by atoms with Gasteiger partial charge < -0.3 is 10.4 Å². The monoisotopic (exact) mass is 285 g/mol. The molecule has 0 aliphatic carbocycles. The Labute approximate surface area is 122 Å². The maximum atomic E-state index is 14.0. The van der Waals surface area contributed by atoms with Crippen LogP contribution in [0.25, 0.3) is 11.1 Å². The molecule has 0 aromatic heterocycles. The van der Waals surface area contributed by atoms with Crippen molar-refractivity contribution in [1.82, 2.24) is 5.32 Å². The first-order chi connectivity index (χ1) is 10.1. The fraction of sp³-hybridized carbons (Fsp3) is 0.235. The Hall–Kier alpha value is -2.20. The number of rotatable bonds is 3. The molecule has 1 aliphatic rings. The highest BCUT2D eigenvalue weighted by Crippen LogP contribution is 2.31. The molecule has 0 spiro atoms. The second-order valence-electron chi connectivity index (χ2n) is 5.34. The molecule has 2 unspecified atom stereocenters. The number of halogens is 1. The van der Waals surface area contributed by atoms with Gasteiger partial charge in [-0.15, -0.1) is 0 Å². The molecule has 21 heavy (non-hydrogen) atoms. The Kier molecular flexibility index (Phi) is 3.71. The minimum absolute atomic E-state index is 0.0332. The molecule has 1 saturated heterocycles. The number of hydrogen-bond acceptors (Lipinski definition) is 2. The average molecular weight is 285 g/mol. The quantitative estimate of drug-likeness (QED) is 0.910. The number of nitrogens with one attached hydrogen (secondary N) is 1. The molecule has 3 rings (SSSR count). The maximum Gasteiger partial charge on any atom is 0.307 e. The summed E-state index contributed by atoms with van der Waals surface area (Å²) in [6.07, 6.45) is 0.537. The van der Waals surface area contributed by atoms with Crippen LogP contribution in [-0.4, -0.2) is 17.6 Å². The van der Waals surface area contributed by atoms with Crippen LogP contribution in [0.5, 0.6) is 0 Å². The number of carboxylic acid groups (broad SMARTS) is 1. The Morgan fingerprint density at radius 3 is 2.62 bits per heavy atom. The van der Waals surface area contributed by atoms with E-state index in [1.807, 2.05) is 36.4 Å². The summed E-state index contributed by atoms with van der Waals surface area (Å²) >= 11 is 0. The summed E-state index contributed by atoms with van der Waals surface area (Å²) in [5.41, 5.74) is 2.30. The third kappa shape index (κ3) is 2.81. The summed E-state index contributed by atoms with van der Waals surface area (Å²) in [4.78, 5) is 11.0. The lowest BCUT2D eigenvalue weighted by molar-refractivity contribution is -0.141. The van der Waals surface area contributed by atoms with Gasteiger partial charge in [0.2, 0.25) is 0 Å². The van der Waals surface area contributed by atoms with E-state index in [4.69, 9.17) is 5.11 Å². The molecule has 2 atom stereocenters. The van der Waals surface area contributed by atoms with Gasteiger partial charge in [-0.2, -0.15) is 0 Å². The second kappa shape index (κ2) is 5.66. The molecule has 1 aliphatic heterocycles. The van der Waals surface area contributed by atoms with Crippen LogP contribution < -0.4 is 5.32 Å². The summed E-state index contributed by atoms with van der Waals surface area (Å²) in [7, 11) is 0. The van der Waals surface area contributed by atoms with E-state index in [1.165, 1.54) is 6.07 Å². The first kappa shape index (κ1) is 13.8. The first-order valence-electron chi connectivity index (χ1n) is 6.96. The highest BCUT2D eigenvalue weighted by molar-refractivity contribution is 5.71. The highest BCUT2D eigenvalue weighted by atomic mass is 19.1. The van der Waals surface area contributed by atoms with Gasteiger partial charge in [-0.05, 0) is 29.7 Å². The Morgan fingerprint density at radius 2 is 1.95 bits per heavy atom. The van der Waals surface area contributed by atoms with Gasteiger partial charge in [-0.3, -0.25) is 4.79 Å². The molecule has 2 aromatic rings. The van der Waals surface area contributed by atoms with E-state index in [1.54, 1.807) is 6.07 Å². The molecule has 0 saturated carbocycles. The molecule has 3 nitrogen and oxygen atoms in total. The zero-order valence-electron chi connectivity index (χ0n) is 11.4. The predicted molar refractivity (Wildman–Crippen MR) is 78.3 cm³/mol.